The van der Waals surface area contributed by atoms with Crippen LogP contribution in [0.5, 0.6) is 5.75 Å². The van der Waals surface area contributed by atoms with E-state index in [4.69, 9.17) is 4.74 Å². The van der Waals surface area contributed by atoms with Gasteiger partial charge in [-0.3, -0.25) is 19.0 Å². The predicted octanol–water partition coefficient (Wildman–Crippen LogP) is 3.94. The molecule has 2 aromatic heterocycles. The van der Waals surface area contributed by atoms with Crippen molar-refractivity contribution >= 4 is 46.3 Å². The highest BCUT2D eigenvalue weighted by Gasteiger charge is 2.33. The number of para-hydroxylation sites is 1. The molecule has 1 saturated heterocycles. The van der Waals surface area contributed by atoms with Gasteiger partial charge in [0.2, 0.25) is 0 Å². The zero-order valence-electron chi connectivity index (χ0n) is 22.4. The van der Waals surface area contributed by atoms with Gasteiger partial charge in [-0.25, -0.2) is 4.99 Å². The molecule has 4 heterocycles. The highest BCUT2D eigenvalue weighted by molar-refractivity contribution is 7.10. The number of ether oxygens (including phenoxy) is 1. The van der Waals surface area contributed by atoms with Gasteiger partial charge in [-0.2, -0.15) is 0 Å². The molecule has 8 nitrogen and oxygen atoms in total. The first kappa shape index (κ1) is 26.9. The average molecular weight is 585 g/mol. The number of thiophene rings is 1. The van der Waals surface area contributed by atoms with Crippen molar-refractivity contribution in [3.05, 3.63) is 114 Å². The van der Waals surface area contributed by atoms with Gasteiger partial charge in [-0.05, 0) is 67.1 Å². The van der Waals surface area contributed by atoms with Crippen LogP contribution in [0.25, 0.3) is 6.08 Å². The van der Waals surface area contributed by atoms with Crippen LogP contribution in [0.3, 0.4) is 0 Å². The second-order valence-corrected chi connectivity index (χ2v) is 11.9. The molecule has 0 radical (unpaired) electrons. The van der Waals surface area contributed by atoms with Gasteiger partial charge in [-0.15, -0.1) is 11.3 Å². The highest BCUT2D eigenvalue weighted by Crippen LogP contribution is 2.33. The van der Waals surface area contributed by atoms with Crippen LogP contribution in [-0.2, 0) is 9.59 Å². The molecule has 10 heteroatoms. The summed E-state index contributed by atoms with van der Waals surface area (Å²) in [5, 5.41) is 4.90. The maximum Gasteiger partial charge on any atom is 0.271 e. The third-order valence-corrected chi connectivity index (χ3v) is 9.02. The molecule has 0 saturated carbocycles. The van der Waals surface area contributed by atoms with E-state index in [-0.39, 0.29) is 24.0 Å². The van der Waals surface area contributed by atoms with Crippen LogP contribution in [0.15, 0.2) is 93.2 Å². The predicted molar refractivity (Wildman–Crippen MR) is 161 cm³/mol. The summed E-state index contributed by atoms with van der Waals surface area (Å²) in [4.78, 5) is 47.5. The first-order valence-corrected chi connectivity index (χ1v) is 15.1. The monoisotopic (exact) mass is 584 g/mol. The largest absolute Gasteiger partial charge is 0.484 e. The Balaban J connectivity index is 1.29. The van der Waals surface area contributed by atoms with Crippen molar-refractivity contribution < 1.29 is 14.3 Å². The fourth-order valence-electron chi connectivity index (χ4n) is 5.06. The lowest BCUT2D eigenvalue weighted by molar-refractivity contribution is -0.132. The second kappa shape index (κ2) is 11.7. The Morgan fingerprint density at radius 1 is 1.05 bits per heavy atom. The minimum Gasteiger partial charge on any atom is -0.484 e. The van der Waals surface area contributed by atoms with E-state index in [0.717, 1.165) is 36.4 Å². The van der Waals surface area contributed by atoms with Crippen LogP contribution in [0, 0.1) is 0 Å². The molecule has 0 aliphatic carbocycles. The number of nitrogens with one attached hydrogen (secondary N) is 1. The van der Waals surface area contributed by atoms with Crippen molar-refractivity contribution in [1.29, 1.82) is 0 Å². The summed E-state index contributed by atoms with van der Waals surface area (Å²) in [5.74, 6) is 0.308. The zero-order valence-corrected chi connectivity index (χ0v) is 24.0. The summed E-state index contributed by atoms with van der Waals surface area (Å²) in [6, 6.07) is 19.8. The molecule has 2 aliphatic heterocycles. The number of hydrogen-bond donors (Lipinski definition) is 1. The Bertz CT molecular complexity index is 1780. The maximum atomic E-state index is 13.8. The summed E-state index contributed by atoms with van der Waals surface area (Å²) >= 11 is 2.80. The normalized spacial score (nSPS) is 16.9. The number of aromatic nitrogens is 1. The van der Waals surface area contributed by atoms with Gasteiger partial charge in [-0.1, -0.05) is 47.7 Å². The van der Waals surface area contributed by atoms with Crippen molar-refractivity contribution in [2.75, 3.05) is 25.0 Å². The Morgan fingerprint density at radius 2 is 1.80 bits per heavy atom. The molecule has 1 N–H and O–H groups in total. The van der Waals surface area contributed by atoms with Crippen molar-refractivity contribution in [2.24, 2.45) is 4.99 Å². The van der Waals surface area contributed by atoms with Gasteiger partial charge in [0.1, 0.15) is 11.8 Å². The highest BCUT2D eigenvalue weighted by atomic mass is 32.1. The molecule has 41 heavy (non-hydrogen) atoms. The quantitative estimate of drug-likeness (QED) is 0.356. The number of rotatable bonds is 7. The SMILES string of the molecule is CC1=C(C(=O)Nc2ccccc2)[C@H](c2cccs2)n2c(s/c(=C/c3ccc(OCC(=O)N4CCCC4)cc3)c2=O)=N1. The summed E-state index contributed by atoms with van der Waals surface area (Å²) in [6.45, 7) is 3.42. The number of carbonyl (C=O) groups is 2. The number of thiazole rings is 1. The molecule has 6 rings (SSSR count). The summed E-state index contributed by atoms with van der Waals surface area (Å²) in [6.07, 6.45) is 3.90. The van der Waals surface area contributed by atoms with E-state index in [1.165, 1.54) is 22.7 Å². The average Bonchev–Trinajstić information content (AvgIpc) is 3.76. The third-order valence-electron chi connectivity index (χ3n) is 7.11. The molecular formula is C31H28N4O4S2. The van der Waals surface area contributed by atoms with Gasteiger partial charge >= 0.3 is 0 Å². The van der Waals surface area contributed by atoms with Crippen LogP contribution in [0.4, 0.5) is 5.69 Å². The van der Waals surface area contributed by atoms with E-state index in [1.807, 2.05) is 77.9 Å². The standard InChI is InChI=1S/C31H28N4O4S2/c1-20-27(29(37)33-22-8-3-2-4-9-22)28(24-10-7-17-40-24)35-30(38)25(41-31(35)32-20)18-21-11-13-23(14-12-21)39-19-26(36)34-15-5-6-16-34/h2-4,7-14,17-18,28H,5-6,15-16,19H2,1H3,(H,33,37)/b25-18+/t28-/m0/s1. The van der Waals surface area contributed by atoms with Gasteiger partial charge in [0, 0.05) is 23.7 Å². The Kier molecular flexibility index (Phi) is 7.67. The van der Waals surface area contributed by atoms with Crippen molar-refractivity contribution in [2.45, 2.75) is 25.8 Å². The number of carbonyl (C=O) groups excluding carboxylic acids is 2. The van der Waals surface area contributed by atoms with E-state index in [1.54, 1.807) is 16.7 Å². The van der Waals surface area contributed by atoms with Crippen LogP contribution < -0.4 is 24.9 Å². The first-order valence-electron chi connectivity index (χ1n) is 13.4. The number of fused-ring (bicyclic) bond motifs is 1. The lowest BCUT2D eigenvalue weighted by Crippen LogP contribution is -2.40. The Morgan fingerprint density at radius 3 is 2.51 bits per heavy atom. The van der Waals surface area contributed by atoms with E-state index in [9.17, 15) is 14.4 Å². The molecule has 2 aromatic carbocycles. The zero-order chi connectivity index (χ0) is 28.3. The summed E-state index contributed by atoms with van der Waals surface area (Å²) in [7, 11) is 0. The van der Waals surface area contributed by atoms with E-state index < -0.39 is 6.04 Å². The van der Waals surface area contributed by atoms with Gasteiger partial charge in [0.15, 0.2) is 11.4 Å². The molecule has 1 atom stereocenters. The van der Waals surface area contributed by atoms with Gasteiger partial charge in [0.25, 0.3) is 17.4 Å². The van der Waals surface area contributed by atoms with Crippen LogP contribution in [0.2, 0.25) is 0 Å². The van der Waals surface area contributed by atoms with Gasteiger partial charge < -0.3 is 15.0 Å². The van der Waals surface area contributed by atoms with E-state index in [2.05, 4.69) is 10.3 Å². The first-order chi connectivity index (χ1) is 20.0. The molecule has 1 fully saturated rings. The van der Waals surface area contributed by atoms with Gasteiger partial charge in [0.05, 0.1) is 15.8 Å². The topological polar surface area (TPSA) is 93.0 Å². The lowest BCUT2D eigenvalue weighted by atomic mass is 10.0. The van der Waals surface area contributed by atoms with Crippen molar-refractivity contribution in [3.63, 3.8) is 0 Å². The number of likely N-dealkylation sites (tertiary alicyclic amines) is 1. The molecule has 208 valence electrons. The van der Waals surface area contributed by atoms with E-state index in [0.29, 0.717) is 32.0 Å². The minimum atomic E-state index is -0.582. The number of nitrogens with zero attached hydrogens (tertiary/aromatic N) is 3. The minimum absolute atomic E-state index is 0.0000869. The number of amides is 2. The van der Waals surface area contributed by atoms with Crippen molar-refractivity contribution in [3.8, 4) is 5.75 Å². The molecule has 0 spiro atoms. The fourth-order valence-corrected chi connectivity index (χ4v) is 6.93. The summed E-state index contributed by atoms with van der Waals surface area (Å²) < 4.78 is 7.83. The summed E-state index contributed by atoms with van der Waals surface area (Å²) in [5.41, 5.74) is 2.31. The molecule has 4 aromatic rings. The molecular weight excluding hydrogens is 556 g/mol. The number of anilines is 1. The molecule has 2 aliphatic rings. The number of hydrogen-bond acceptors (Lipinski definition) is 7. The third kappa shape index (κ3) is 5.66. The fraction of sp³-hybridized carbons (Fsp3) is 0.226. The molecule has 0 unspecified atom stereocenters. The molecule has 2 amide bonds. The Labute approximate surface area is 244 Å². The Hall–Kier alpha value is -4.28. The lowest BCUT2D eigenvalue weighted by Gasteiger charge is -2.24. The number of allylic oxidation sites excluding steroid dienone is 1. The second-order valence-electron chi connectivity index (χ2n) is 9.86. The van der Waals surface area contributed by atoms with Crippen LogP contribution >= 0.6 is 22.7 Å². The van der Waals surface area contributed by atoms with Crippen LogP contribution in [-0.4, -0.2) is 41.0 Å². The maximum absolute atomic E-state index is 13.8. The van der Waals surface area contributed by atoms with Crippen molar-refractivity contribution in [1.82, 2.24) is 9.47 Å². The van der Waals surface area contributed by atoms with E-state index >= 15 is 0 Å². The smallest absolute Gasteiger partial charge is 0.271 e. The van der Waals surface area contributed by atoms with Crippen LogP contribution in [0.1, 0.15) is 36.2 Å². The molecule has 0 bridgehead atoms. The number of benzene rings is 2.